The number of carbonyl (C=O) groups is 4. The van der Waals surface area contributed by atoms with Crippen LogP contribution >= 0.6 is 0 Å². The SMILES string of the molecule is C=CC(=O)[O-].C=CC(=O)[O-].C=CC(=O)[O-].C=CC(=O)[O-].[Ca+2].[Mg+2]. The predicted molar refractivity (Wildman–Crippen MR) is 72.3 cm³/mol. The van der Waals surface area contributed by atoms with E-state index < -0.39 is 23.9 Å². The fourth-order valence-electron chi connectivity index (χ4n) is 0. The molecule has 0 heterocycles. The van der Waals surface area contributed by atoms with Crippen molar-refractivity contribution in [1.82, 2.24) is 0 Å². The van der Waals surface area contributed by atoms with Crippen molar-refractivity contribution in [3.05, 3.63) is 50.6 Å². The third-order valence-electron chi connectivity index (χ3n) is 0.667. The summed E-state index contributed by atoms with van der Waals surface area (Å²) in [5.74, 6) is -4.93. The van der Waals surface area contributed by atoms with Crippen molar-refractivity contribution in [2.45, 2.75) is 0 Å². The Morgan fingerprint density at radius 1 is 0.545 bits per heavy atom. The Kier molecular flexibility index (Phi) is 54.2. The summed E-state index contributed by atoms with van der Waals surface area (Å²) < 4.78 is 0. The zero-order valence-electron chi connectivity index (χ0n) is 11.8. The van der Waals surface area contributed by atoms with Crippen LogP contribution in [0.15, 0.2) is 50.6 Å². The molecule has 0 aromatic rings. The molecule has 0 aliphatic rings. The zero-order chi connectivity index (χ0) is 17.1. The molecule has 0 N–H and O–H groups in total. The van der Waals surface area contributed by atoms with Gasteiger partial charge < -0.3 is 39.6 Å². The molecule has 0 aliphatic carbocycles. The molecule has 0 saturated heterocycles. The maximum atomic E-state index is 9.14. The van der Waals surface area contributed by atoms with Crippen molar-refractivity contribution < 1.29 is 39.6 Å². The van der Waals surface area contributed by atoms with Crippen LogP contribution in [0.1, 0.15) is 0 Å². The summed E-state index contributed by atoms with van der Waals surface area (Å²) in [5.41, 5.74) is 0. The molecule has 0 spiro atoms. The normalized spacial score (nSPS) is 5.82. The number of aliphatic carboxylic acids is 4. The van der Waals surface area contributed by atoms with Gasteiger partial charge in [-0.15, -0.1) is 0 Å². The van der Waals surface area contributed by atoms with Crippen LogP contribution in [0.4, 0.5) is 0 Å². The summed E-state index contributed by atoms with van der Waals surface area (Å²) in [6.07, 6.45) is 2.89. The average Bonchev–Trinajstić information content (AvgIpc) is 2.40. The van der Waals surface area contributed by atoms with Gasteiger partial charge in [-0.25, -0.2) is 0 Å². The Bertz CT molecular complexity index is 307. The molecular formula is C12H12CaMgO8. The van der Waals surface area contributed by atoms with E-state index in [1.54, 1.807) is 0 Å². The first-order chi connectivity index (χ1) is 9.08. The number of hydrogen-bond acceptors (Lipinski definition) is 8. The molecule has 22 heavy (non-hydrogen) atoms. The molecule has 0 saturated carbocycles. The molecule has 0 rings (SSSR count). The van der Waals surface area contributed by atoms with Crippen molar-refractivity contribution in [3.8, 4) is 0 Å². The van der Waals surface area contributed by atoms with E-state index in [1.165, 1.54) is 0 Å². The van der Waals surface area contributed by atoms with E-state index >= 15 is 0 Å². The molecule has 0 aromatic heterocycles. The summed E-state index contributed by atoms with van der Waals surface area (Å²) in [5, 5.41) is 36.6. The molecular weight excluding hydrogens is 337 g/mol. The molecule has 0 atom stereocenters. The van der Waals surface area contributed by atoms with Crippen LogP contribution in [0.3, 0.4) is 0 Å². The van der Waals surface area contributed by atoms with E-state index in [1.807, 2.05) is 0 Å². The fraction of sp³-hybridized carbons (Fsp3) is 0. The Morgan fingerprint density at radius 3 is 0.591 bits per heavy atom. The van der Waals surface area contributed by atoms with Gasteiger partial charge in [-0.1, -0.05) is 26.3 Å². The Balaban J connectivity index is -0.0000000376. The summed E-state index contributed by atoms with van der Waals surface area (Å²) >= 11 is 0. The third-order valence-corrected chi connectivity index (χ3v) is 0.667. The van der Waals surface area contributed by atoms with Gasteiger partial charge in [-0.05, 0) is 24.3 Å². The minimum absolute atomic E-state index is 0. The van der Waals surface area contributed by atoms with Crippen LogP contribution in [0, 0.1) is 0 Å². The number of carboxylic acid groups (broad SMARTS) is 4. The summed E-state index contributed by atoms with van der Waals surface area (Å²) in [4.78, 5) is 36.6. The summed E-state index contributed by atoms with van der Waals surface area (Å²) in [7, 11) is 0. The van der Waals surface area contributed by atoms with Gasteiger partial charge in [0.25, 0.3) is 0 Å². The second-order valence-corrected chi connectivity index (χ2v) is 2.09. The maximum absolute atomic E-state index is 9.14. The van der Waals surface area contributed by atoms with Crippen molar-refractivity contribution in [2.75, 3.05) is 0 Å². The van der Waals surface area contributed by atoms with Gasteiger partial charge >= 0.3 is 60.8 Å². The van der Waals surface area contributed by atoms with Crippen LogP contribution in [0.25, 0.3) is 0 Å². The second-order valence-electron chi connectivity index (χ2n) is 2.09. The zero-order valence-corrected chi connectivity index (χ0v) is 15.4. The van der Waals surface area contributed by atoms with Gasteiger partial charge in [0, 0.05) is 0 Å². The number of hydrogen-bond donors (Lipinski definition) is 0. The minimum atomic E-state index is -1.23. The molecule has 0 aromatic carbocycles. The van der Waals surface area contributed by atoms with Gasteiger partial charge in [0.05, 0.1) is 23.9 Å². The smallest absolute Gasteiger partial charge is 0.545 e. The molecule has 10 heteroatoms. The molecule has 0 aliphatic heterocycles. The van der Waals surface area contributed by atoms with Crippen molar-refractivity contribution in [2.24, 2.45) is 0 Å². The second kappa shape index (κ2) is 32.0. The molecule has 0 unspecified atom stereocenters. The monoisotopic (exact) mass is 348 g/mol. The van der Waals surface area contributed by atoms with Gasteiger partial charge in [-0.3, -0.25) is 0 Å². The van der Waals surface area contributed by atoms with Crippen molar-refractivity contribution in [1.29, 1.82) is 0 Å². The first kappa shape index (κ1) is 37.3. The van der Waals surface area contributed by atoms with E-state index in [0.717, 1.165) is 24.3 Å². The average molecular weight is 349 g/mol. The quantitative estimate of drug-likeness (QED) is 0.360. The van der Waals surface area contributed by atoms with Gasteiger partial charge in [0.2, 0.25) is 0 Å². The first-order valence-corrected chi connectivity index (χ1v) is 4.42. The van der Waals surface area contributed by atoms with Crippen molar-refractivity contribution >= 4 is 84.7 Å². The summed E-state index contributed by atoms with van der Waals surface area (Å²) in [6, 6.07) is 0. The minimum Gasteiger partial charge on any atom is -0.545 e. The molecule has 0 radical (unpaired) electrons. The van der Waals surface area contributed by atoms with E-state index in [-0.39, 0.29) is 60.8 Å². The van der Waals surface area contributed by atoms with Crippen LogP contribution in [0.2, 0.25) is 0 Å². The predicted octanol–water partition coefficient (Wildman–Crippen LogP) is -5.07. The van der Waals surface area contributed by atoms with E-state index in [0.29, 0.717) is 0 Å². The number of rotatable bonds is 4. The van der Waals surface area contributed by atoms with Gasteiger partial charge in [-0.2, -0.15) is 0 Å². The molecule has 0 amide bonds. The number of carbonyl (C=O) groups excluding carboxylic acids is 4. The van der Waals surface area contributed by atoms with Crippen LogP contribution in [0.5, 0.6) is 0 Å². The van der Waals surface area contributed by atoms with Gasteiger partial charge in [0.1, 0.15) is 0 Å². The van der Waals surface area contributed by atoms with Crippen LogP contribution in [-0.4, -0.2) is 84.7 Å². The Hall–Kier alpha value is -1.13. The Labute approximate surface area is 173 Å². The maximum Gasteiger partial charge on any atom is 2.00 e. The Morgan fingerprint density at radius 2 is 0.591 bits per heavy atom. The van der Waals surface area contributed by atoms with E-state index in [2.05, 4.69) is 26.3 Å². The number of carboxylic acids is 4. The fourth-order valence-corrected chi connectivity index (χ4v) is 0. The largest absolute Gasteiger partial charge is 2.00 e. The van der Waals surface area contributed by atoms with Crippen LogP contribution in [-0.2, 0) is 19.2 Å². The van der Waals surface area contributed by atoms with E-state index in [9.17, 15) is 0 Å². The first-order valence-electron chi connectivity index (χ1n) is 4.42. The molecule has 0 bridgehead atoms. The standard InChI is InChI=1S/4C3H4O2.Ca.Mg/c4*1-2-3(4)5;;/h4*2H,1H2,(H,4,5);;/q;;;;2*+2/p-4. The summed E-state index contributed by atoms with van der Waals surface area (Å²) in [6.45, 7) is 11.6. The van der Waals surface area contributed by atoms with Crippen molar-refractivity contribution in [3.63, 3.8) is 0 Å². The van der Waals surface area contributed by atoms with Gasteiger partial charge in [0.15, 0.2) is 0 Å². The van der Waals surface area contributed by atoms with E-state index in [4.69, 9.17) is 39.6 Å². The molecule has 112 valence electrons. The molecule has 0 fully saturated rings. The molecule has 8 nitrogen and oxygen atoms in total. The topological polar surface area (TPSA) is 161 Å². The van der Waals surface area contributed by atoms with Crippen LogP contribution < -0.4 is 20.4 Å². The third kappa shape index (κ3) is 128.